The lowest BCUT2D eigenvalue weighted by Gasteiger charge is -2.18. The van der Waals surface area contributed by atoms with Gasteiger partial charge in [0.2, 0.25) is 0 Å². The van der Waals surface area contributed by atoms with E-state index in [9.17, 15) is 5.48 Å². The first-order chi connectivity index (χ1) is 24.7. The topological polar surface area (TPSA) is 13.1 Å². The predicted molar refractivity (Wildman–Crippen MR) is 183 cm³/mol. The molecule has 1 heterocycles. The third-order valence-electron chi connectivity index (χ3n) is 8.31. The molecular formula is C42H26O. The summed E-state index contributed by atoms with van der Waals surface area (Å²) >= 11 is 0. The molecule has 0 spiro atoms. The molecule has 43 heavy (non-hydrogen) atoms. The first kappa shape index (κ1) is 17.3. The smallest absolute Gasteiger partial charge is 0.136 e. The highest BCUT2D eigenvalue weighted by atomic mass is 16.3. The summed E-state index contributed by atoms with van der Waals surface area (Å²) in [6.07, 6.45) is 0. The molecule has 1 nitrogen and oxygen atoms in total. The summed E-state index contributed by atoms with van der Waals surface area (Å²) in [5, 5.41) is 4.09. The van der Waals surface area contributed by atoms with Gasteiger partial charge in [0.05, 0.1) is 11.0 Å². The maximum absolute atomic E-state index is 9.38. The molecule has 0 saturated carbocycles. The monoisotopic (exact) mass is 554 g/mol. The van der Waals surface area contributed by atoms with E-state index in [2.05, 4.69) is 0 Å². The van der Waals surface area contributed by atoms with E-state index in [0.29, 0.717) is 38.8 Å². The maximum Gasteiger partial charge on any atom is 0.136 e. The van der Waals surface area contributed by atoms with E-state index in [1.807, 2.05) is 103 Å². The highest BCUT2D eigenvalue weighted by Crippen LogP contribution is 2.47. The molecule has 1 heteroatoms. The number of hydrogen-bond acceptors (Lipinski definition) is 1. The summed E-state index contributed by atoms with van der Waals surface area (Å²) in [6, 6.07) is 31.7. The van der Waals surface area contributed by atoms with Crippen LogP contribution in [0.1, 0.15) is 11.0 Å². The molecule has 0 bridgehead atoms. The van der Waals surface area contributed by atoms with Crippen molar-refractivity contribution >= 4 is 54.3 Å². The minimum absolute atomic E-state index is 0.169. The van der Waals surface area contributed by atoms with Gasteiger partial charge in [-0.05, 0) is 77.8 Å². The Morgan fingerprint density at radius 1 is 0.395 bits per heavy atom. The molecule has 8 aromatic carbocycles. The lowest BCUT2D eigenvalue weighted by atomic mass is 9.84. The molecule has 200 valence electrons. The van der Waals surface area contributed by atoms with Crippen LogP contribution in [-0.2, 0) is 0 Å². The van der Waals surface area contributed by atoms with Crippen LogP contribution in [0.15, 0.2) is 162 Å². The summed E-state index contributed by atoms with van der Waals surface area (Å²) in [6.45, 7) is 0. The van der Waals surface area contributed by atoms with Crippen LogP contribution in [0.2, 0.25) is 0 Å². The first-order valence-corrected chi connectivity index (χ1v) is 14.1. The van der Waals surface area contributed by atoms with Crippen molar-refractivity contribution in [3.63, 3.8) is 0 Å². The van der Waals surface area contributed by atoms with Crippen molar-refractivity contribution < 1.29 is 15.4 Å². The Bertz CT molecular complexity index is 2850. The fraction of sp³-hybridized carbons (Fsp3) is 0. The molecular weight excluding hydrogens is 520 g/mol. The van der Waals surface area contributed by atoms with Crippen LogP contribution in [0.3, 0.4) is 0 Å². The standard InChI is InChI=1S/C42H26O/c1-2-11-27(12-3-1)28-21-23-30(24-22-28)39-32-15-6-8-17-34(32)40(35-18-9-7-16-33(35)39)36-19-10-20-37-42(36)41-31-14-5-4-13-29(31)25-26-38(41)43-37/h1-26H/i6D,7D,8D,9D,15D,16D,17D,18D. The van der Waals surface area contributed by atoms with Gasteiger partial charge in [0.1, 0.15) is 11.2 Å². The van der Waals surface area contributed by atoms with Crippen LogP contribution >= 0.6 is 0 Å². The van der Waals surface area contributed by atoms with E-state index in [0.717, 1.165) is 27.3 Å². The zero-order valence-corrected chi connectivity index (χ0v) is 22.8. The van der Waals surface area contributed by atoms with Gasteiger partial charge in [-0.3, -0.25) is 0 Å². The van der Waals surface area contributed by atoms with Gasteiger partial charge in [0.25, 0.3) is 0 Å². The van der Waals surface area contributed by atoms with Gasteiger partial charge >= 0.3 is 0 Å². The average molecular weight is 555 g/mol. The fourth-order valence-corrected chi connectivity index (χ4v) is 6.44. The largest absolute Gasteiger partial charge is 0.456 e. The highest BCUT2D eigenvalue weighted by molar-refractivity contribution is 6.28. The molecule has 9 aromatic rings. The molecule has 0 unspecified atom stereocenters. The van der Waals surface area contributed by atoms with Gasteiger partial charge in [-0.25, -0.2) is 0 Å². The van der Waals surface area contributed by atoms with E-state index < -0.39 is 24.2 Å². The molecule has 0 aliphatic rings. The Kier molecular flexibility index (Phi) is 3.80. The van der Waals surface area contributed by atoms with Crippen molar-refractivity contribution in [2.45, 2.75) is 0 Å². The number of fused-ring (bicyclic) bond motifs is 7. The summed E-state index contributed by atoms with van der Waals surface area (Å²) in [7, 11) is 0. The second-order valence-corrected chi connectivity index (χ2v) is 10.6. The van der Waals surface area contributed by atoms with Crippen LogP contribution in [-0.4, -0.2) is 0 Å². The van der Waals surface area contributed by atoms with Crippen LogP contribution in [0.4, 0.5) is 0 Å². The molecule has 0 saturated heterocycles. The van der Waals surface area contributed by atoms with E-state index in [-0.39, 0.29) is 45.7 Å². The quantitative estimate of drug-likeness (QED) is 0.198. The molecule has 0 fully saturated rings. The van der Waals surface area contributed by atoms with Crippen LogP contribution in [0, 0.1) is 0 Å². The summed E-state index contributed by atoms with van der Waals surface area (Å²) in [4.78, 5) is 0. The van der Waals surface area contributed by atoms with Crippen LogP contribution < -0.4 is 0 Å². The minimum atomic E-state index is -0.436. The molecule has 0 radical (unpaired) electrons. The SMILES string of the molecule is [2H]c1c([2H])c([2H])c2c(-c3cccc4oc5ccc6ccccc6c5c34)c3c([2H])c([2H])c([2H])c([2H])c3c(-c3ccc(-c4ccccc4)cc3)c2c1[2H]. The average Bonchev–Trinajstić information content (AvgIpc) is 3.56. The Morgan fingerprint density at radius 3 is 1.70 bits per heavy atom. The lowest BCUT2D eigenvalue weighted by molar-refractivity contribution is 0.669. The van der Waals surface area contributed by atoms with Crippen molar-refractivity contribution in [2.75, 3.05) is 0 Å². The summed E-state index contributed by atoms with van der Waals surface area (Å²) in [5.41, 5.74) is 4.81. The first-order valence-electron chi connectivity index (χ1n) is 18.1. The highest BCUT2D eigenvalue weighted by Gasteiger charge is 2.21. The third-order valence-corrected chi connectivity index (χ3v) is 8.31. The zero-order valence-electron chi connectivity index (χ0n) is 30.8. The minimum Gasteiger partial charge on any atom is -0.456 e. The fourth-order valence-electron chi connectivity index (χ4n) is 6.44. The van der Waals surface area contributed by atoms with Crippen molar-refractivity contribution in [1.82, 2.24) is 0 Å². The Labute approximate surface area is 260 Å². The summed E-state index contributed by atoms with van der Waals surface area (Å²) in [5.74, 6) is 0. The van der Waals surface area contributed by atoms with Gasteiger partial charge in [-0.2, -0.15) is 0 Å². The maximum atomic E-state index is 9.38. The third kappa shape index (κ3) is 3.65. The Morgan fingerprint density at radius 2 is 0.977 bits per heavy atom. The van der Waals surface area contributed by atoms with E-state index in [1.165, 1.54) is 0 Å². The molecule has 9 rings (SSSR count). The van der Waals surface area contributed by atoms with Crippen molar-refractivity contribution in [1.29, 1.82) is 0 Å². The predicted octanol–water partition coefficient (Wildman–Crippen LogP) is 12.0. The van der Waals surface area contributed by atoms with Crippen LogP contribution in [0.25, 0.3) is 87.6 Å². The van der Waals surface area contributed by atoms with Gasteiger partial charge in [0.15, 0.2) is 0 Å². The van der Waals surface area contributed by atoms with E-state index in [4.69, 9.17) is 9.90 Å². The van der Waals surface area contributed by atoms with Gasteiger partial charge in [-0.1, -0.05) is 145 Å². The normalized spacial score (nSPS) is 14.3. The molecule has 0 aliphatic heterocycles. The Balaban J connectivity index is 1.53. The molecule has 1 aromatic heterocycles. The number of furan rings is 1. The van der Waals surface area contributed by atoms with Crippen molar-refractivity contribution in [3.8, 4) is 33.4 Å². The van der Waals surface area contributed by atoms with Crippen LogP contribution in [0.5, 0.6) is 0 Å². The molecule has 0 atom stereocenters. The van der Waals surface area contributed by atoms with Gasteiger partial charge in [0, 0.05) is 10.8 Å². The zero-order chi connectivity index (χ0) is 35.3. The van der Waals surface area contributed by atoms with E-state index >= 15 is 0 Å². The lowest BCUT2D eigenvalue weighted by Crippen LogP contribution is -1.91. The summed E-state index contributed by atoms with van der Waals surface area (Å²) < 4.78 is 78.9. The van der Waals surface area contributed by atoms with E-state index in [1.54, 1.807) is 6.07 Å². The van der Waals surface area contributed by atoms with Crippen molar-refractivity contribution in [2.24, 2.45) is 0 Å². The molecule has 0 aliphatic carbocycles. The Hall–Kier alpha value is -5.66. The molecule has 0 amide bonds. The number of benzene rings is 8. The second kappa shape index (κ2) is 9.44. The van der Waals surface area contributed by atoms with Gasteiger partial charge < -0.3 is 4.42 Å². The van der Waals surface area contributed by atoms with Gasteiger partial charge in [-0.15, -0.1) is 0 Å². The molecule has 0 N–H and O–H groups in total. The number of rotatable bonds is 3. The van der Waals surface area contributed by atoms with Crippen molar-refractivity contribution in [3.05, 3.63) is 158 Å². The number of hydrogen-bond donors (Lipinski definition) is 0. The second-order valence-electron chi connectivity index (χ2n) is 10.6.